The number of aryl methyl sites for hydroxylation is 1. The summed E-state index contributed by atoms with van der Waals surface area (Å²) in [5.74, 6) is 3.37. The number of ether oxygens (including phenoxy) is 1. The molecule has 0 aliphatic carbocycles. The highest BCUT2D eigenvalue weighted by molar-refractivity contribution is 7.92. The highest BCUT2D eigenvalue weighted by Crippen LogP contribution is 2.22. The molecule has 0 fully saturated rings. The van der Waals surface area contributed by atoms with Crippen LogP contribution >= 0.6 is 0 Å². The molecule has 7 nitrogen and oxygen atoms in total. The first-order chi connectivity index (χ1) is 15.2. The number of benzene rings is 2. The Balaban J connectivity index is 1.84. The number of sulfonamides is 1. The van der Waals surface area contributed by atoms with E-state index < -0.39 is 27.6 Å². The average Bonchev–Trinajstić information content (AvgIpc) is 2.75. The second-order valence-corrected chi connectivity index (χ2v) is 8.30. The molecule has 0 saturated carbocycles. The molecule has 3 aromatic rings. The molecule has 0 spiro atoms. The Kier molecular flexibility index (Phi) is 6.76. The number of anilines is 1. The van der Waals surface area contributed by atoms with Gasteiger partial charge in [0.05, 0.1) is 17.1 Å². The zero-order valence-electron chi connectivity index (χ0n) is 17.2. The number of phenols is 1. The van der Waals surface area contributed by atoms with Crippen molar-refractivity contribution in [3.05, 3.63) is 82.8 Å². The highest BCUT2D eigenvalue weighted by Gasteiger charge is 2.17. The predicted octanol–water partition coefficient (Wildman–Crippen LogP) is 3.61. The number of carbonyl (C=O) groups is 1. The van der Waals surface area contributed by atoms with E-state index in [4.69, 9.17) is 4.74 Å². The maximum atomic E-state index is 14.1. The second-order valence-electron chi connectivity index (χ2n) is 6.62. The van der Waals surface area contributed by atoms with Crippen LogP contribution in [0.15, 0.2) is 59.6 Å². The molecule has 9 heteroatoms. The molecular weight excluding hydrogens is 435 g/mol. The number of pyridine rings is 1. The van der Waals surface area contributed by atoms with Crippen LogP contribution in [0, 0.1) is 24.6 Å². The Hall–Kier alpha value is -3.90. The zero-order valence-corrected chi connectivity index (χ0v) is 18.0. The smallest absolute Gasteiger partial charge is 0.341 e. The molecule has 0 atom stereocenters. The molecule has 0 amide bonds. The first kappa shape index (κ1) is 22.8. The van der Waals surface area contributed by atoms with Gasteiger partial charge in [-0.05, 0) is 55.8 Å². The number of esters is 1. The Morgan fingerprint density at radius 3 is 2.56 bits per heavy atom. The Morgan fingerprint density at radius 1 is 1.19 bits per heavy atom. The summed E-state index contributed by atoms with van der Waals surface area (Å²) < 4.78 is 46.5. The van der Waals surface area contributed by atoms with Crippen LogP contribution in [0.1, 0.15) is 34.0 Å². The minimum Gasteiger partial charge on any atom is -0.507 e. The van der Waals surface area contributed by atoms with Crippen molar-refractivity contribution in [2.24, 2.45) is 0 Å². The summed E-state index contributed by atoms with van der Waals surface area (Å²) in [5, 5.41) is 9.77. The molecule has 32 heavy (non-hydrogen) atoms. The van der Waals surface area contributed by atoms with E-state index in [1.54, 1.807) is 26.0 Å². The van der Waals surface area contributed by atoms with Crippen molar-refractivity contribution in [2.45, 2.75) is 18.7 Å². The predicted molar refractivity (Wildman–Crippen MR) is 116 cm³/mol. The van der Waals surface area contributed by atoms with Gasteiger partial charge in [-0.15, -0.1) is 0 Å². The third kappa shape index (κ3) is 5.22. The van der Waals surface area contributed by atoms with Gasteiger partial charge in [0.1, 0.15) is 22.9 Å². The molecule has 3 rings (SSSR count). The summed E-state index contributed by atoms with van der Waals surface area (Å²) in [7, 11) is -3.85. The summed E-state index contributed by atoms with van der Waals surface area (Å²) in [5.41, 5.74) is 0.782. The van der Waals surface area contributed by atoms with Crippen molar-refractivity contribution in [1.82, 2.24) is 4.98 Å². The van der Waals surface area contributed by atoms with Gasteiger partial charge in [0.2, 0.25) is 0 Å². The van der Waals surface area contributed by atoms with E-state index in [-0.39, 0.29) is 28.4 Å². The number of halogens is 1. The monoisotopic (exact) mass is 454 g/mol. The minimum atomic E-state index is -3.85. The van der Waals surface area contributed by atoms with Gasteiger partial charge in [-0.3, -0.25) is 4.72 Å². The van der Waals surface area contributed by atoms with Crippen molar-refractivity contribution in [1.29, 1.82) is 0 Å². The van der Waals surface area contributed by atoms with E-state index in [1.165, 1.54) is 30.5 Å². The fourth-order valence-corrected chi connectivity index (χ4v) is 3.75. The number of phenolic OH excluding ortho intramolecular Hbond substituents is 1. The number of nitrogens with one attached hydrogen (secondary N) is 1. The lowest BCUT2D eigenvalue weighted by Gasteiger charge is -2.09. The van der Waals surface area contributed by atoms with E-state index in [9.17, 15) is 22.7 Å². The summed E-state index contributed by atoms with van der Waals surface area (Å²) in [4.78, 5) is 15.9. The third-order valence-corrected chi connectivity index (χ3v) is 5.68. The first-order valence-corrected chi connectivity index (χ1v) is 11.0. The topological polar surface area (TPSA) is 106 Å². The first-order valence-electron chi connectivity index (χ1n) is 9.47. The molecule has 1 aromatic heterocycles. The normalized spacial score (nSPS) is 10.7. The van der Waals surface area contributed by atoms with E-state index in [0.29, 0.717) is 11.1 Å². The van der Waals surface area contributed by atoms with Gasteiger partial charge in [0.25, 0.3) is 10.0 Å². The lowest BCUT2D eigenvalue weighted by molar-refractivity contribution is 0.0523. The molecule has 0 saturated heterocycles. The van der Waals surface area contributed by atoms with Gasteiger partial charge in [-0.1, -0.05) is 17.9 Å². The molecular formula is C23H19FN2O5S. The number of hydrogen-bond acceptors (Lipinski definition) is 6. The van der Waals surface area contributed by atoms with Crippen molar-refractivity contribution < 1.29 is 27.4 Å². The molecule has 1 heterocycles. The van der Waals surface area contributed by atoms with Crippen LogP contribution in [-0.4, -0.2) is 31.1 Å². The van der Waals surface area contributed by atoms with E-state index in [2.05, 4.69) is 21.5 Å². The number of nitrogens with zero attached hydrogens (tertiary/aromatic N) is 1. The van der Waals surface area contributed by atoms with Gasteiger partial charge in [0.15, 0.2) is 0 Å². The van der Waals surface area contributed by atoms with E-state index >= 15 is 0 Å². The minimum absolute atomic E-state index is 0.00788. The summed E-state index contributed by atoms with van der Waals surface area (Å²) >= 11 is 0. The quantitative estimate of drug-likeness (QED) is 0.451. The van der Waals surface area contributed by atoms with Crippen LogP contribution in [0.2, 0.25) is 0 Å². The van der Waals surface area contributed by atoms with Crippen LogP contribution in [-0.2, 0) is 14.8 Å². The Labute approximate surface area is 184 Å². The highest BCUT2D eigenvalue weighted by atomic mass is 32.2. The molecule has 0 unspecified atom stereocenters. The van der Waals surface area contributed by atoms with E-state index in [0.717, 1.165) is 12.1 Å². The van der Waals surface area contributed by atoms with Gasteiger partial charge in [-0.2, -0.15) is 0 Å². The zero-order chi connectivity index (χ0) is 23.3. The number of hydrogen-bond donors (Lipinski definition) is 2. The fraction of sp³-hybridized carbons (Fsp3) is 0.130. The van der Waals surface area contributed by atoms with Crippen LogP contribution in [0.25, 0.3) is 0 Å². The molecule has 0 aliphatic rings. The number of aromatic hydroxyl groups is 1. The van der Waals surface area contributed by atoms with Gasteiger partial charge >= 0.3 is 5.97 Å². The maximum absolute atomic E-state index is 14.1. The molecule has 0 radical (unpaired) electrons. The largest absolute Gasteiger partial charge is 0.507 e. The lowest BCUT2D eigenvalue weighted by atomic mass is 10.1. The molecule has 2 aromatic carbocycles. The molecule has 0 bridgehead atoms. The number of carbonyl (C=O) groups excluding carboxylic acids is 1. The van der Waals surface area contributed by atoms with Crippen molar-refractivity contribution in [2.75, 3.05) is 11.3 Å². The maximum Gasteiger partial charge on any atom is 0.341 e. The van der Waals surface area contributed by atoms with Gasteiger partial charge < -0.3 is 9.84 Å². The van der Waals surface area contributed by atoms with Crippen LogP contribution < -0.4 is 4.72 Å². The summed E-state index contributed by atoms with van der Waals surface area (Å²) in [6.07, 6.45) is 1.49. The second kappa shape index (κ2) is 9.49. The van der Waals surface area contributed by atoms with Gasteiger partial charge in [0, 0.05) is 17.8 Å². The molecule has 2 N–H and O–H groups in total. The van der Waals surface area contributed by atoms with Crippen molar-refractivity contribution in [3.63, 3.8) is 0 Å². The number of rotatable bonds is 5. The average molecular weight is 454 g/mol. The molecule has 164 valence electrons. The van der Waals surface area contributed by atoms with Crippen molar-refractivity contribution in [3.8, 4) is 17.6 Å². The summed E-state index contributed by atoms with van der Waals surface area (Å²) in [6, 6.07) is 11.0. The van der Waals surface area contributed by atoms with Gasteiger partial charge in [-0.25, -0.2) is 22.6 Å². The van der Waals surface area contributed by atoms with Crippen LogP contribution in [0.4, 0.5) is 10.2 Å². The fourth-order valence-electron chi connectivity index (χ4n) is 2.67. The van der Waals surface area contributed by atoms with Crippen LogP contribution in [0.3, 0.4) is 0 Å². The van der Waals surface area contributed by atoms with E-state index in [1.807, 2.05) is 0 Å². The van der Waals surface area contributed by atoms with Crippen molar-refractivity contribution >= 4 is 21.8 Å². The third-order valence-electron chi connectivity index (χ3n) is 4.33. The number of aromatic nitrogens is 1. The SMILES string of the molecule is CCOC(=O)c1cc(C#Cc2ccc(S(=O)(=O)Nc3ncccc3C)cc2)c(F)cc1O. The Bertz CT molecular complexity index is 1330. The lowest BCUT2D eigenvalue weighted by Crippen LogP contribution is -2.14. The Morgan fingerprint density at radius 2 is 1.91 bits per heavy atom. The van der Waals surface area contributed by atoms with Crippen LogP contribution in [0.5, 0.6) is 5.75 Å². The summed E-state index contributed by atoms with van der Waals surface area (Å²) in [6.45, 7) is 3.44. The standard InChI is InChI=1S/C23H19FN2O5S/c1-3-31-23(28)19-13-17(20(24)14-21(19)27)9-6-16-7-10-18(11-8-16)32(29,30)26-22-15(2)5-4-12-25-22/h4-5,7-8,10-14,27H,3H2,1-2H3,(H,25,26). The molecule has 0 aliphatic heterocycles.